The molecule has 1 aliphatic rings. The molecule has 0 bridgehead atoms. The summed E-state index contributed by atoms with van der Waals surface area (Å²) in [6.07, 6.45) is 3.24. The van der Waals surface area contributed by atoms with Crippen molar-refractivity contribution in [3.8, 4) is 0 Å². The Bertz CT molecular complexity index is 495. The van der Waals surface area contributed by atoms with Crippen LogP contribution in [0.2, 0.25) is 0 Å². The van der Waals surface area contributed by atoms with Crippen LogP contribution in [0.5, 0.6) is 0 Å². The second kappa shape index (κ2) is 6.37. The zero-order valence-electron chi connectivity index (χ0n) is 13.5. The van der Waals surface area contributed by atoms with Gasteiger partial charge in [-0.1, -0.05) is 32.4 Å². The number of nitrogens with one attached hydrogen (secondary N) is 1. The molecule has 1 aliphatic heterocycles. The molecule has 1 heterocycles. The van der Waals surface area contributed by atoms with Crippen molar-refractivity contribution in [3.63, 3.8) is 0 Å². The number of benzene rings is 1. The van der Waals surface area contributed by atoms with Crippen molar-refractivity contribution in [3.05, 3.63) is 24.3 Å². The number of nitrogens with zero attached hydrogens (tertiary/aromatic N) is 2. The van der Waals surface area contributed by atoms with Gasteiger partial charge in [-0.25, -0.2) is 0 Å². The van der Waals surface area contributed by atoms with E-state index in [9.17, 15) is 0 Å². The lowest BCUT2D eigenvalue weighted by Crippen LogP contribution is -2.39. The molecule has 0 saturated carbocycles. The van der Waals surface area contributed by atoms with Gasteiger partial charge in [0.1, 0.15) is 0 Å². The summed E-state index contributed by atoms with van der Waals surface area (Å²) in [7, 11) is 2.16. The molecule has 0 amide bonds. The van der Waals surface area contributed by atoms with Crippen LogP contribution in [0.15, 0.2) is 24.3 Å². The van der Waals surface area contributed by atoms with Crippen molar-refractivity contribution in [2.75, 3.05) is 36.5 Å². The van der Waals surface area contributed by atoms with Crippen LogP contribution in [0.4, 0.5) is 11.4 Å². The van der Waals surface area contributed by atoms with Gasteiger partial charge >= 0.3 is 0 Å². The normalized spacial score (nSPS) is 15.0. The lowest BCUT2D eigenvalue weighted by molar-refractivity contribution is 0.441. The molecule has 0 aliphatic carbocycles. The van der Waals surface area contributed by atoms with Crippen LogP contribution in [0, 0.1) is 10.8 Å². The molecular weight excluding hydrogens is 260 g/mol. The molecule has 1 aromatic rings. The summed E-state index contributed by atoms with van der Waals surface area (Å²) in [4.78, 5) is 4.81. The summed E-state index contributed by atoms with van der Waals surface area (Å²) in [5.41, 5.74) is 8.15. The zero-order chi connectivity index (χ0) is 15.5. The van der Waals surface area contributed by atoms with E-state index in [4.69, 9.17) is 11.1 Å². The van der Waals surface area contributed by atoms with Gasteiger partial charge in [-0.2, -0.15) is 0 Å². The number of amidine groups is 1. The van der Waals surface area contributed by atoms with Crippen LogP contribution in [0.25, 0.3) is 0 Å². The molecule has 116 valence electrons. The molecule has 0 radical (unpaired) electrons. The first-order valence-electron chi connectivity index (χ1n) is 7.81. The van der Waals surface area contributed by atoms with Gasteiger partial charge in [0, 0.05) is 32.1 Å². The average Bonchev–Trinajstić information content (AvgIpc) is 2.46. The molecule has 0 fully saturated rings. The maximum Gasteiger partial charge on any atom is 0.0963 e. The van der Waals surface area contributed by atoms with Crippen LogP contribution in [0.3, 0.4) is 0 Å². The Morgan fingerprint density at radius 3 is 2.52 bits per heavy atom. The topological polar surface area (TPSA) is 56.4 Å². The van der Waals surface area contributed by atoms with E-state index in [0.717, 1.165) is 38.9 Å². The SMILES string of the molecule is CN1CCN(CCCCC(C)(C)C(=N)N)c2ccccc21. The molecule has 4 heteroatoms. The van der Waals surface area contributed by atoms with E-state index in [-0.39, 0.29) is 5.41 Å². The smallest absolute Gasteiger partial charge is 0.0963 e. The van der Waals surface area contributed by atoms with E-state index in [1.165, 1.54) is 11.4 Å². The summed E-state index contributed by atoms with van der Waals surface area (Å²) in [5, 5.41) is 7.61. The van der Waals surface area contributed by atoms with Gasteiger partial charge in [0.2, 0.25) is 0 Å². The lowest BCUT2D eigenvalue weighted by atomic mass is 9.86. The van der Waals surface area contributed by atoms with Crippen LogP contribution in [-0.4, -0.2) is 32.5 Å². The number of fused-ring (bicyclic) bond motifs is 1. The fourth-order valence-electron chi connectivity index (χ4n) is 2.80. The highest BCUT2D eigenvalue weighted by Crippen LogP contribution is 2.32. The van der Waals surface area contributed by atoms with Gasteiger partial charge < -0.3 is 15.5 Å². The van der Waals surface area contributed by atoms with E-state index in [0.29, 0.717) is 5.84 Å². The maximum absolute atomic E-state index is 7.61. The Hall–Kier alpha value is -1.71. The third kappa shape index (κ3) is 3.69. The third-order valence-corrected chi connectivity index (χ3v) is 4.55. The summed E-state index contributed by atoms with van der Waals surface area (Å²) >= 11 is 0. The van der Waals surface area contributed by atoms with Crippen LogP contribution < -0.4 is 15.5 Å². The van der Waals surface area contributed by atoms with Crippen molar-refractivity contribution in [2.45, 2.75) is 33.1 Å². The first kappa shape index (κ1) is 15.7. The fraction of sp³-hybridized carbons (Fsp3) is 0.588. The summed E-state index contributed by atoms with van der Waals surface area (Å²) < 4.78 is 0. The van der Waals surface area contributed by atoms with E-state index in [1.807, 2.05) is 0 Å². The molecule has 3 N–H and O–H groups in total. The van der Waals surface area contributed by atoms with Crippen molar-refractivity contribution in [2.24, 2.45) is 11.1 Å². The number of para-hydroxylation sites is 2. The van der Waals surface area contributed by atoms with Gasteiger partial charge in [-0.15, -0.1) is 0 Å². The Labute approximate surface area is 128 Å². The van der Waals surface area contributed by atoms with Crippen molar-refractivity contribution >= 4 is 17.2 Å². The van der Waals surface area contributed by atoms with Gasteiger partial charge in [0.05, 0.1) is 17.2 Å². The number of nitrogens with two attached hydrogens (primary N) is 1. The van der Waals surface area contributed by atoms with Crippen LogP contribution >= 0.6 is 0 Å². The van der Waals surface area contributed by atoms with Crippen molar-refractivity contribution in [1.82, 2.24) is 0 Å². The summed E-state index contributed by atoms with van der Waals surface area (Å²) in [5.74, 6) is 0.299. The second-order valence-corrected chi connectivity index (χ2v) is 6.65. The highest BCUT2D eigenvalue weighted by atomic mass is 15.2. The predicted molar refractivity (Wildman–Crippen MR) is 91.5 cm³/mol. The van der Waals surface area contributed by atoms with Gasteiger partial charge in [0.15, 0.2) is 0 Å². The summed E-state index contributed by atoms with van der Waals surface area (Å²) in [6.45, 7) is 7.36. The highest BCUT2D eigenvalue weighted by molar-refractivity contribution is 5.82. The third-order valence-electron chi connectivity index (χ3n) is 4.55. The largest absolute Gasteiger partial charge is 0.387 e. The molecule has 4 nitrogen and oxygen atoms in total. The highest BCUT2D eigenvalue weighted by Gasteiger charge is 2.22. The standard InChI is InChI=1S/C17H28N4/c1-17(2,16(18)19)10-6-7-11-21-13-12-20(3)14-8-4-5-9-15(14)21/h4-5,8-9H,6-7,10-13H2,1-3H3,(H3,18,19). The predicted octanol–water partition coefficient (Wildman–Crippen LogP) is 3.08. The quantitative estimate of drug-likeness (QED) is 0.480. The molecule has 0 unspecified atom stereocenters. The Balaban J connectivity index is 1.88. The number of anilines is 2. The maximum atomic E-state index is 7.61. The molecule has 0 spiro atoms. The number of hydrogen-bond acceptors (Lipinski definition) is 3. The van der Waals surface area contributed by atoms with Crippen LogP contribution in [0.1, 0.15) is 33.1 Å². The second-order valence-electron chi connectivity index (χ2n) is 6.65. The molecule has 2 rings (SSSR count). The van der Waals surface area contributed by atoms with E-state index >= 15 is 0 Å². The number of hydrogen-bond donors (Lipinski definition) is 2. The zero-order valence-corrected chi connectivity index (χ0v) is 13.5. The number of unbranched alkanes of at least 4 members (excludes halogenated alkanes) is 1. The minimum Gasteiger partial charge on any atom is -0.387 e. The molecule has 0 saturated heterocycles. The van der Waals surface area contributed by atoms with E-state index < -0.39 is 0 Å². The van der Waals surface area contributed by atoms with Crippen LogP contribution in [-0.2, 0) is 0 Å². The van der Waals surface area contributed by atoms with Gasteiger partial charge in [-0.3, -0.25) is 5.41 Å². The monoisotopic (exact) mass is 288 g/mol. The first-order valence-corrected chi connectivity index (χ1v) is 7.81. The average molecular weight is 288 g/mol. The first-order chi connectivity index (χ1) is 9.92. The molecule has 0 aromatic heterocycles. The van der Waals surface area contributed by atoms with Gasteiger partial charge in [0.25, 0.3) is 0 Å². The molecular formula is C17H28N4. The minimum atomic E-state index is -0.167. The van der Waals surface area contributed by atoms with Gasteiger partial charge in [-0.05, 0) is 25.0 Å². The number of likely N-dealkylation sites (N-methyl/N-ethyl adjacent to an activating group) is 1. The Kier molecular flexibility index (Phi) is 4.76. The van der Waals surface area contributed by atoms with E-state index in [2.05, 4.69) is 55.0 Å². The van der Waals surface area contributed by atoms with E-state index in [1.54, 1.807) is 0 Å². The number of rotatable bonds is 6. The molecule has 1 aromatic carbocycles. The Morgan fingerprint density at radius 1 is 1.19 bits per heavy atom. The minimum absolute atomic E-state index is 0.167. The lowest BCUT2D eigenvalue weighted by Gasteiger charge is -2.37. The summed E-state index contributed by atoms with van der Waals surface area (Å²) in [6, 6.07) is 8.63. The van der Waals surface area contributed by atoms with Crippen molar-refractivity contribution in [1.29, 1.82) is 5.41 Å². The Morgan fingerprint density at radius 2 is 1.86 bits per heavy atom. The fourth-order valence-corrected chi connectivity index (χ4v) is 2.80. The van der Waals surface area contributed by atoms with Crippen molar-refractivity contribution < 1.29 is 0 Å². The molecule has 21 heavy (non-hydrogen) atoms. The molecule has 0 atom stereocenters.